The molecule has 1 aromatic carbocycles. The minimum atomic E-state index is -0.673. The maximum Gasteiger partial charge on any atom is 0.249 e. The van der Waals surface area contributed by atoms with Crippen LogP contribution in [0, 0.1) is 27.7 Å². The zero-order valence-corrected chi connectivity index (χ0v) is 17.3. The van der Waals surface area contributed by atoms with Gasteiger partial charge in [-0.05, 0) is 40.2 Å². The lowest BCUT2D eigenvalue weighted by Gasteiger charge is -2.26. The van der Waals surface area contributed by atoms with Crippen molar-refractivity contribution < 1.29 is 14.4 Å². The highest BCUT2D eigenvalue weighted by Crippen LogP contribution is 2.38. The van der Waals surface area contributed by atoms with Gasteiger partial charge in [0, 0.05) is 22.5 Å². The first-order chi connectivity index (χ1) is 13.2. The summed E-state index contributed by atoms with van der Waals surface area (Å²) in [7, 11) is 0. The van der Waals surface area contributed by atoms with E-state index in [0.29, 0.717) is 19.6 Å². The largest absolute Gasteiger partial charge is 0.489 e. The molecule has 1 saturated heterocycles. The monoisotopic (exact) mass is 380 g/mol. The van der Waals surface area contributed by atoms with Gasteiger partial charge in [0.25, 0.3) is 0 Å². The molecule has 1 atom stereocenters. The molecular formula is C23H28N2O3. The van der Waals surface area contributed by atoms with Crippen molar-refractivity contribution in [1.82, 2.24) is 10.0 Å². The predicted molar refractivity (Wildman–Crippen MR) is 109 cm³/mol. The highest BCUT2D eigenvalue weighted by Gasteiger charge is 2.43. The van der Waals surface area contributed by atoms with Crippen LogP contribution < -0.4 is 4.74 Å². The fraction of sp³-hybridized carbons (Fsp3) is 0.391. The lowest BCUT2D eigenvalue weighted by Crippen LogP contribution is -2.27. The normalized spacial score (nSPS) is 19.2. The molecule has 0 N–H and O–H groups in total. The maximum absolute atomic E-state index is 12.7. The van der Waals surface area contributed by atoms with Gasteiger partial charge >= 0.3 is 0 Å². The summed E-state index contributed by atoms with van der Waals surface area (Å²) in [6.07, 6.45) is 2.01. The molecule has 28 heavy (non-hydrogen) atoms. The van der Waals surface area contributed by atoms with Crippen LogP contribution >= 0.6 is 0 Å². The van der Waals surface area contributed by atoms with Gasteiger partial charge in [0.15, 0.2) is 0 Å². The lowest BCUT2D eigenvalue weighted by molar-refractivity contribution is -0.203. The Morgan fingerprint density at radius 3 is 2.54 bits per heavy atom. The van der Waals surface area contributed by atoms with Crippen LogP contribution in [0.1, 0.15) is 47.0 Å². The molecule has 1 aliphatic rings. The number of hydrogen-bond donors (Lipinski definition) is 0. The molecule has 1 amide bonds. The van der Waals surface area contributed by atoms with Crippen LogP contribution in [-0.4, -0.2) is 22.6 Å². The van der Waals surface area contributed by atoms with Crippen molar-refractivity contribution in [3.05, 3.63) is 70.6 Å². The number of carbonyl (C=O) groups is 1. The van der Waals surface area contributed by atoms with Crippen molar-refractivity contribution in [2.45, 2.75) is 53.2 Å². The van der Waals surface area contributed by atoms with E-state index in [2.05, 4.69) is 11.6 Å². The van der Waals surface area contributed by atoms with Gasteiger partial charge < -0.3 is 4.74 Å². The average molecular weight is 380 g/mol. The first-order valence-electron chi connectivity index (χ1n) is 9.52. The van der Waals surface area contributed by atoms with Crippen LogP contribution in [0.3, 0.4) is 0 Å². The summed E-state index contributed by atoms with van der Waals surface area (Å²) in [5.41, 5.74) is 5.08. The van der Waals surface area contributed by atoms with Crippen LogP contribution in [0.15, 0.2) is 36.9 Å². The van der Waals surface area contributed by atoms with Crippen molar-refractivity contribution in [3.63, 3.8) is 0 Å². The Labute approximate surface area is 166 Å². The van der Waals surface area contributed by atoms with Crippen LogP contribution in [0.2, 0.25) is 0 Å². The minimum Gasteiger partial charge on any atom is -0.489 e. The fourth-order valence-electron chi connectivity index (χ4n) is 3.51. The first kappa shape index (κ1) is 20.1. The second-order valence-corrected chi connectivity index (χ2v) is 7.61. The van der Waals surface area contributed by atoms with Gasteiger partial charge in [-0.1, -0.05) is 42.5 Å². The Bertz CT molecular complexity index is 905. The number of ether oxygens (including phenoxy) is 1. The van der Waals surface area contributed by atoms with Crippen molar-refractivity contribution >= 4 is 5.91 Å². The Balaban J connectivity index is 1.90. The van der Waals surface area contributed by atoms with Gasteiger partial charge in [-0.25, -0.2) is 5.06 Å². The number of amides is 1. The summed E-state index contributed by atoms with van der Waals surface area (Å²) in [4.78, 5) is 23.5. The third kappa shape index (κ3) is 3.80. The molecule has 1 unspecified atom stereocenters. The zero-order chi connectivity index (χ0) is 20.5. The van der Waals surface area contributed by atoms with Crippen molar-refractivity contribution in [3.8, 4) is 5.75 Å². The van der Waals surface area contributed by atoms with E-state index in [4.69, 9.17) is 9.57 Å². The number of aryl methyl sites for hydroxylation is 3. The molecule has 0 aliphatic carbocycles. The van der Waals surface area contributed by atoms with Crippen LogP contribution in [-0.2, 0) is 21.8 Å². The summed E-state index contributed by atoms with van der Waals surface area (Å²) < 4.78 is 5.92. The van der Waals surface area contributed by atoms with E-state index in [-0.39, 0.29) is 5.91 Å². The maximum atomic E-state index is 12.7. The Morgan fingerprint density at radius 1 is 1.21 bits per heavy atom. The van der Waals surface area contributed by atoms with Gasteiger partial charge in [0.05, 0.1) is 13.0 Å². The number of benzene rings is 1. The lowest BCUT2D eigenvalue weighted by atomic mass is 9.92. The topological polar surface area (TPSA) is 51.7 Å². The number of hydroxylamine groups is 2. The number of pyridine rings is 1. The Kier molecular flexibility index (Phi) is 5.57. The van der Waals surface area contributed by atoms with Gasteiger partial charge in [-0.2, -0.15) is 0 Å². The SMILES string of the molecule is C=CCOc1c(C)c(C)nc(C)c1CN1OC(C)(c2ccc(C)cc2)CC1=O. The summed E-state index contributed by atoms with van der Waals surface area (Å²) >= 11 is 0. The van der Waals surface area contributed by atoms with E-state index < -0.39 is 5.60 Å². The molecule has 148 valence electrons. The third-order valence-corrected chi connectivity index (χ3v) is 5.32. The van der Waals surface area contributed by atoms with E-state index in [0.717, 1.165) is 33.8 Å². The molecule has 2 heterocycles. The quantitative estimate of drug-likeness (QED) is 0.695. The molecule has 2 aromatic rings. The molecule has 0 bridgehead atoms. The molecule has 3 rings (SSSR count). The van der Waals surface area contributed by atoms with Gasteiger partial charge in [0.1, 0.15) is 18.0 Å². The summed E-state index contributed by atoms with van der Waals surface area (Å²) in [6.45, 7) is 14.3. The van der Waals surface area contributed by atoms with Gasteiger partial charge in [-0.15, -0.1) is 0 Å². The Hall–Kier alpha value is -2.66. The van der Waals surface area contributed by atoms with Gasteiger partial charge in [0.2, 0.25) is 5.91 Å². The summed E-state index contributed by atoms with van der Waals surface area (Å²) in [5, 5.41) is 1.44. The summed E-state index contributed by atoms with van der Waals surface area (Å²) in [5.74, 6) is 0.709. The Morgan fingerprint density at radius 2 is 1.89 bits per heavy atom. The highest BCUT2D eigenvalue weighted by atomic mass is 16.7. The first-order valence-corrected chi connectivity index (χ1v) is 9.52. The zero-order valence-electron chi connectivity index (χ0n) is 17.3. The number of rotatable bonds is 6. The standard InChI is InChI=1S/C23H28N2O3/c1-7-12-27-22-16(3)17(4)24-18(5)20(22)14-25-21(26)13-23(6,28-25)19-10-8-15(2)9-11-19/h7-11H,1,12-14H2,2-6H3. The molecule has 5 heteroatoms. The van der Waals surface area contributed by atoms with Crippen molar-refractivity contribution in [1.29, 1.82) is 0 Å². The van der Waals surface area contributed by atoms with E-state index in [9.17, 15) is 4.79 Å². The average Bonchev–Trinajstić information content (AvgIpc) is 2.94. The number of hydrogen-bond acceptors (Lipinski definition) is 4. The molecule has 0 spiro atoms. The highest BCUT2D eigenvalue weighted by molar-refractivity contribution is 5.78. The number of nitrogens with zero attached hydrogens (tertiary/aromatic N) is 2. The van der Waals surface area contributed by atoms with Crippen LogP contribution in [0.25, 0.3) is 0 Å². The molecule has 1 fully saturated rings. The molecular weight excluding hydrogens is 352 g/mol. The molecule has 0 radical (unpaired) electrons. The second kappa shape index (κ2) is 7.76. The number of carbonyl (C=O) groups excluding carboxylic acids is 1. The second-order valence-electron chi connectivity index (χ2n) is 7.61. The summed E-state index contributed by atoms with van der Waals surface area (Å²) in [6, 6.07) is 8.12. The third-order valence-electron chi connectivity index (χ3n) is 5.32. The molecule has 0 saturated carbocycles. The molecule has 1 aliphatic heterocycles. The van der Waals surface area contributed by atoms with Crippen molar-refractivity contribution in [2.24, 2.45) is 0 Å². The molecule has 5 nitrogen and oxygen atoms in total. The molecule has 1 aromatic heterocycles. The van der Waals surface area contributed by atoms with E-state index in [1.54, 1.807) is 6.08 Å². The van der Waals surface area contributed by atoms with E-state index in [1.165, 1.54) is 10.6 Å². The fourth-order valence-corrected chi connectivity index (χ4v) is 3.51. The van der Waals surface area contributed by atoms with Crippen molar-refractivity contribution in [2.75, 3.05) is 6.61 Å². The van der Waals surface area contributed by atoms with Crippen LogP contribution in [0.4, 0.5) is 0 Å². The van der Waals surface area contributed by atoms with E-state index in [1.807, 2.05) is 58.9 Å². The number of aromatic nitrogens is 1. The smallest absolute Gasteiger partial charge is 0.249 e. The van der Waals surface area contributed by atoms with E-state index >= 15 is 0 Å². The minimum absolute atomic E-state index is 0.0460. The predicted octanol–water partition coefficient (Wildman–Crippen LogP) is 4.46. The van der Waals surface area contributed by atoms with Crippen LogP contribution in [0.5, 0.6) is 5.75 Å². The van der Waals surface area contributed by atoms with Gasteiger partial charge in [-0.3, -0.25) is 14.6 Å².